The van der Waals surface area contributed by atoms with Crippen LogP contribution in [-0.4, -0.2) is 42.8 Å². The Bertz CT molecular complexity index is 581. The number of hydrogen-bond donors (Lipinski definition) is 2. The molecule has 20 heavy (non-hydrogen) atoms. The maximum absolute atomic E-state index is 7.37. The van der Waals surface area contributed by atoms with E-state index in [9.17, 15) is 0 Å². The van der Waals surface area contributed by atoms with Gasteiger partial charge in [-0.15, -0.1) is 5.10 Å². The van der Waals surface area contributed by atoms with Gasteiger partial charge in [-0.1, -0.05) is 24.3 Å². The van der Waals surface area contributed by atoms with Crippen molar-refractivity contribution >= 4 is 22.4 Å². The van der Waals surface area contributed by atoms with Crippen molar-refractivity contribution in [3.05, 3.63) is 30.5 Å². The largest absolute Gasteiger partial charge is 0.388 e. The molecule has 0 aliphatic heterocycles. The van der Waals surface area contributed by atoms with Gasteiger partial charge in [0.05, 0.1) is 18.6 Å². The van der Waals surface area contributed by atoms with E-state index in [1.54, 1.807) is 13.3 Å². The van der Waals surface area contributed by atoms with E-state index >= 15 is 0 Å². The lowest BCUT2D eigenvalue weighted by molar-refractivity contribution is 0.205. The molecule has 3 N–H and O–H groups in total. The molecule has 0 atom stereocenters. The normalized spacial score (nSPS) is 10.7. The molecule has 1 heterocycles. The molecule has 0 aliphatic carbocycles. The average Bonchev–Trinajstić information content (AvgIpc) is 2.47. The Hall–Kier alpha value is -2.21. The van der Waals surface area contributed by atoms with Gasteiger partial charge in [0.25, 0.3) is 0 Å². The predicted molar refractivity (Wildman–Crippen MR) is 80.2 cm³/mol. The minimum absolute atomic E-state index is 0.167. The molecule has 0 saturated heterocycles. The van der Waals surface area contributed by atoms with Crippen LogP contribution in [0.3, 0.4) is 0 Å². The molecule has 106 valence electrons. The van der Waals surface area contributed by atoms with Crippen molar-refractivity contribution in [2.24, 2.45) is 5.73 Å². The van der Waals surface area contributed by atoms with Crippen molar-refractivity contribution in [1.29, 1.82) is 5.41 Å². The molecule has 6 nitrogen and oxygen atoms in total. The number of aromatic nitrogens is 2. The van der Waals surface area contributed by atoms with Crippen molar-refractivity contribution in [3.8, 4) is 0 Å². The molecule has 1 aromatic carbocycles. The summed E-state index contributed by atoms with van der Waals surface area (Å²) >= 11 is 0. The molecule has 0 amide bonds. The van der Waals surface area contributed by atoms with Crippen molar-refractivity contribution < 1.29 is 4.74 Å². The van der Waals surface area contributed by atoms with Gasteiger partial charge < -0.3 is 15.4 Å². The maximum atomic E-state index is 7.37. The van der Waals surface area contributed by atoms with Crippen LogP contribution >= 0.6 is 0 Å². The predicted octanol–water partition coefficient (Wildman–Crippen LogP) is 1.41. The number of fused-ring (bicyclic) bond motifs is 1. The summed E-state index contributed by atoms with van der Waals surface area (Å²) in [6.07, 6.45) is 2.24. The van der Waals surface area contributed by atoms with E-state index in [1.165, 1.54) is 0 Å². The molecule has 0 spiro atoms. The van der Waals surface area contributed by atoms with Crippen LogP contribution in [0.5, 0.6) is 0 Å². The number of hydrogen-bond acceptors (Lipinski definition) is 5. The molecule has 1 aromatic heterocycles. The summed E-state index contributed by atoms with van der Waals surface area (Å²) in [4.78, 5) is 2.06. The molecule has 0 aliphatic rings. The van der Waals surface area contributed by atoms with Gasteiger partial charge in [0.15, 0.2) is 5.82 Å². The van der Waals surface area contributed by atoms with E-state index in [4.69, 9.17) is 15.9 Å². The fourth-order valence-corrected chi connectivity index (χ4v) is 2.03. The smallest absolute Gasteiger partial charge is 0.159 e. The molecule has 0 radical (unpaired) electrons. The Morgan fingerprint density at radius 1 is 1.35 bits per heavy atom. The SMILES string of the molecule is COCCN(CCC(=N)N)c1nncc2ccccc12. The number of nitrogens with one attached hydrogen (secondary N) is 1. The van der Waals surface area contributed by atoms with E-state index in [2.05, 4.69) is 15.1 Å². The highest BCUT2D eigenvalue weighted by Gasteiger charge is 2.12. The van der Waals surface area contributed by atoms with Crippen molar-refractivity contribution in [1.82, 2.24) is 10.2 Å². The minimum atomic E-state index is 0.167. The Kier molecular flexibility index (Phi) is 4.84. The maximum Gasteiger partial charge on any atom is 0.159 e. The van der Waals surface area contributed by atoms with Crippen LogP contribution in [0.25, 0.3) is 10.8 Å². The van der Waals surface area contributed by atoms with Gasteiger partial charge in [0.1, 0.15) is 0 Å². The molecule has 0 fully saturated rings. The fourth-order valence-electron chi connectivity index (χ4n) is 2.03. The van der Waals surface area contributed by atoms with Crippen LogP contribution in [0, 0.1) is 5.41 Å². The van der Waals surface area contributed by atoms with E-state index in [-0.39, 0.29) is 5.84 Å². The highest BCUT2D eigenvalue weighted by Crippen LogP contribution is 2.23. The van der Waals surface area contributed by atoms with Gasteiger partial charge >= 0.3 is 0 Å². The van der Waals surface area contributed by atoms with Crippen LogP contribution in [0.4, 0.5) is 5.82 Å². The topological polar surface area (TPSA) is 88.1 Å². The summed E-state index contributed by atoms with van der Waals surface area (Å²) in [6, 6.07) is 7.98. The summed E-state index contributed by atoms with van der Waals surface area (Å²) in [6.45, 7) is 1.90. The Morgan fingerprint density at radius 3 is 2.90 bits per heavy atom. The van der Waals surface area contributed by atoms with Gasteiger partial charge in [0, 0.05) is 37.4 Å². The van der Waals surface area contributed by atoms with E-state index in [1.807, 2.05) is 24.3 Å². The second-order valence-electron chi connectivity index (χ2n) is 4.51. The third-order valence-corrected chi connectivity index (χ3v) is 3.07. The van der Waals surface area contributed by atoms with Crippen LogP contribution in [-0.2, 0) is 4.74 Å². The standard InChI is InChI=1S/C14H19N5O/c1-20-9-8-19(7-6-13(15)16)14-12-5-3-2-4-11(12)10-17-18-14/h2-5,10H,6-9H2,1H3,(H3,15,16). The summed E-state index contributed by atoms with van der Waals surface area (Å²) < 4.78 is 5.14. The first-order chi connectivity index (χ1) is 9.72. The second-order valence-corrected chi connectivity index (χ2v) is 4.51. The zero-order valence-corrected chi connectivity index (χ0v) is 11.5. The van der Waals surface area contributed by atoms with Crippen molar-refractivity contribution in [2.45, 2.75) is 6.42 Å². The molecular formula is C14H19N5O. The van der Waals surface area contributed by atoms with Gasteiger partial charge in [0.2, 0.25) is 0 Å². The molecule has 2 rings (SSSR count). The molecule has 0 saturated carbocycles. The van der Waals surface area contributed by atoms with Gasteiger partial charge in [-0.05, 0) is 0 Å². The molecular weight excluding hydrogens is 254 g/mol. The minimum Gasteiger partial charge on any atom is -0.388 e. The van der Waals surface area contributed by atoms with E-state index in [0.29, 0.717) is 26.1 Å². The zero-order chi connectivity index (χ0) is 14.4. The van der Waals surface area contributed by atoms with Crippen LogP contribution in [0.1, 0.15) is 6.42 Å². The van der Waals surface area contributed by atoms with E-state index in [0.717, 1.165) is 16.6 Å². The summed E-state index contributed by atoms with van der Waals surface area (Å²) in [5.74, 6) is 0.974. The Balaban J connectivity index is 2.31. The van der Waals surface area contributed by atoms with Gasteiger partial charge in [-0.25, -0.2) is 0 Å². The quantitative estimate of drug-likeness (QED) is 0.588. The average molecular weight is 273 g/mol. The van der Waals surface area contributed by atoms with Crippen LogP contribution in [0.2, 0.25) is 0 Å². The monoisotopic (exact) mass is 273 g/mol. The number of ether oxygens (including phenoxy) is 1. The second kappa shape index (κ2) is 6.81. The summed E-state index contributed by atoms with van der Waals surface area (Å²) in [7, 11) is 1.66. The van der Waals surface area contributed by atoms with E-state index < -0.39 is 0 Å². The first-order valence-electron chi connectivity index (χ1n) is 6.49. The first kappa shape index (κ1) is 14.2. The summed E-state index contributed by atoms with van der Waals surface area (Å²) in [5.41, 5.74) is 5.45. The van der Waals surface area contributed by atoms with Crippen molar-refractivity contribution in [3.63, 3.8) is 0 Å². The Morgan fingerprint density at radius 2 is 2.15 bits per heavy atom. The summed E-state index contributed by atoms with van der Waals surface area (Å²) in [5, 5.41) is 17.8. The van der Waals surface area contributed by atoms with Gasteiger partial charge in [-0.3, -0.25) is 5.41 Å². The number of rotatable bonds is 7. The first-order valence-corrected chi connectivity index (χ1v) is 6.49. The molecule has 0 unspecified atom stereocenters. The Labute approximate surface area is 118 Å². The number of methoxy groups -OCH3 is 1. The number of anilines is 1. The number of amidine groups is 1. The zero-order valence-electron chi connectivity index (χ0n) is 11.5. The lowest BCUT2D eigenvalue weighted by Gasteiger charge is -2.23. The number of nitrogens with two attached hydrogens (primary N) is 1. The lowest BCUT2D eigenvalue weighted by atomic mass is 10.2. The number of nitrogens with zero attached hydrogens (tertiary/aromatic N) is 3. The van der Waals surface area contributed by atoms with Crippen LogP contribution in [0.15, 0.2) is 30.5 Å². The fraction of sp³-hybridized carbons (Fsp3) is 0.357. The third kappa shape index (κ3) is 3.42. The number of benzene rings is 1. The van der Waals surface area contributed by atoms with Gasteiger partial charge in [-0.2, -0.15) is 5.10 Å². The lowest BCUT2D eigenvalue weighted by Crippen LogP contribution is -2.32. The van der Waals surface area contributed by atoms with Crippen LogP contribution < -0.4 is 10.6 Å². The van der Waals surface area contributed by atoms with Crippen molar-refractivity contribution in [2.75, 3.05) is 31.7 Å². The molecule has 2 aromatic rings. The molecule has 0 bridgehead atoms. The molecule has 6 heteroatoms. The highest BCUT2D eigenvalue weighted by molar-refractivity contribution is 5.91. The highest BCUT2D eigenvalue weighted by atomic mass is 16.5. The third-order valence-electron chi connectivity index (χ3n) is 3.07.